The molecule has 1 rings (SSSR count). The minimum Gasteiger partial charge on any atom is -0.328 e. The maximum Gasteiger partial charge on any atom is 0.0116 e. The molecule has 2 N–H and O–H groups in total. The van der Waals surface area contributed by atoms with E-state index in [-0.39, 0.29) is 0 Å². The third-order valence-electron chi connectivity index (χ3n) is 1.68. The molecule has 1 aliphatic rings. The van der Waals surface area contributed by atoms with Crippen LogP contribution in [0.5, 0.6) is 0 Å². The molecule has 0 radical (unpaired) electrons. The van der Waals surface area contributed by atoms with E-state index in [9.17, 15) is 0 Å². The average Bonchev–Trinajstić information content (AvgIpc) is 1.64. The minimum atomic E-state index is 0.452. The third kappa shape index (κ3) is 1.02. The predicted molar refractivity (Wildman–Crippen MR) is 34.1 cm³/mol. The van der Waals surface area contributed by atoms with Crippen molar-refractivity contribution in [1.82, 2.24) is 0 Å². The van der Waals surface area contributed by atoms with Crippen LogP contribution in [0, 0.1) is 18.3 Å². The Labute approximate surface area is 50.3 Å². The van der Waals surface area contributed by atoms with Crippen LogP contribution < -0.4 is 5.73 Å². The fourth-order valence-corrected chi connectivity index (χ4v) is 1.12. The van der Waals surface area contributed by atoms with Crippen LogP contribution in [-0.2, 0) is 0 Å². The predicted octanol–water partition coefficient (Wildman–Crippen LogP) is 0.747. The third-order valence-corrected chi connectivity index (χ3v) is 1.68. The Bertz CT molecular complexity index is 106. The topological polar surface area (TPSA) is 26.0 Å². The van der Waals surface area contributed by atoms with Gasteiger partial charge in [-0.05, 0) is 18.8 Å². The highest BCUT2D eigenvalue weighted by atomic mass is 14.7. The molecule has 1 nitrogen and oxygen atoms in total. The molecule has 0 bridgehead atoms. The van der Waals surface area contributed by atoms with Gasteiger partial charge in [0.25, 0.3) is 0 Å². The molecular formula is C7H11N. The molecule has 1 heteroatoms. The van der Waals surface area contributed by atoms with Gasteiger partial charge in [0.2, 0.25) is 0 Å². The van der Waals surface area contributed by atoms with Gasteiger partial charge in [-0.2, -0.15) is 0 Å². The van der Waals surface area contributed by atoms with E-state index < -0.39 is 0 Å². The van der Waals surface area contributed by atoms with Gasteiger partial charge < -0.3 is 5.73 Å². The summed E-state index contributed by atoms with van der Waals surface area (Å²) < 4.78 is 0. The lowest BCUT2D eigenvalue weighted by molar-refractivity contribution is 0.271. The molecule has 1 fully saturated rings. The Morgan fingerprint density at radius 2 is 2.25 bits per heavy atom. The first kappa shape index (κ1) is 5.65. The number of nitrogens with two attached hydrogens (primary N) is 1. The Morgan fingerprint density at radius 1 is 1.62 bits per heavy atom. The van der Waals surface area contributed by atoms with Crippen molar-refractivity contribution in [3.63, 3.8) is 0 Å². The van der Waals surface area contributed by atoms with Crippen LogP contribution in [0.15, 0.2) is 0 Å². The van der Waals surface area contributed by atoms with E-state index in [1.807, 2.05) is 0 Å². The van der Waals surface area contributed by atoms with E-state index >= 15 is 0 Å². The van der Waals surface area contributed by atoms with E-state index in [0.29, 0.717) is 6.04 Å². The highest BCUT2D eigenvalue weighted by Crippen LogP contribution is 2.27. The van der Waals surface area contributed by atoms with Gasteiger partial charge in [-0.25, -0.2) is 0 Å². The van der Waals surface area contributed by atoms with Crippen LogP contribution in [0.25, 0.3) is 0 Å². The second kappa shape index (κ2) is 2.19. The highest BCUT2D eigenvalue weighted by molar-refractivity contribution is 4.93. The summed E-state index contributed by atoms with van der Waals surface area (Å²) in [6.45, 7) is 0. The maximum absolute atomic E-state index is 5.53. The molecule has 0 heterocycles. The molecule has 0 aromatic carbocycles. The van der Waals surface area contributed by atoms with E-state index in [4.69, 9.17) is 12.2 Å². The molecule has 0 atom stereocenters. The number of hydrogen-bond acceptors (Lipinski definition) is 1. The van der Waals surface area contributed by atoms with Crippen molar-refractivity contribution in [2.45, 2.75) is 25.3 Å². The molecule has 0 amide bonds. The summed E-state index contributed by atoms with van der Waals surface area (Å²) in [6.07, 6.45) is 8.30. The van der Waals surface area contributed by atoms with Gasteiger partial charge in [0.05, 0.1) is 0 Å². The SMILES string of the molecule is C#CCC1CC(N)C1. The summed E-state index contributed by atoms with van der Waals surface area (Å²) in [6, 6.07) is 0.452. The van der Waals surface area contributed by atoms with Crippen molar-refractivity contribution in [3.05, 3.63) is 0 Å². The van der Waals surface area contributed by atoms with Crippen LogP contribution in [0.3, 0.4) is 0 Å². The van der Waals surface area contributed by atoms with Crippen molar-refractivity contribution in [2.24, 2.45) is 11.7 Å². The Hall–Kier alpha value is -0.480. The zero-order valence-electron chi connectivity index (χ0n) is 4.93. The van der Waals surface area contributed by atoms with Gasteiger partial charge in [0.1, 0.15) is 0 Å². The fourth-order valence-electron chi connectivity index (χ4n) is 1.12. The zero-order chi connectivity index (χ0) is 5.98. The van der Waals surface area contributed by atoms with Crippen LogP contribution in [-0.4, -0.2) is 6.04 Å². The summed E-state index contributed by atoms with van der Waals surface area (Å²) in [5.41, 5.74) is 5.53. The van der Waals surface area contributed by atoms with Crippen molar-refractivity contribution >= 4 is 0 Å². The molecule has 0 spiro atoms. The summed E-state index contributed by atoms with van der Waals surface area (Å²) in [7, 11) is 0. The van der Waals surface area contributed by atoms with Gasteiger partial charge in [-0.1, -0.05) is 0 Å². The van der Waals surface area contributed by atoms with Gasteiger partial charge in [-0.15, -0.1) is 12.3 Å². The van der Waals surface area contributed by atoms with E-state index in [1.165, 1.54) is 0 Å². The van der Waals surface area contributed by atoms with Crippen molar-refractivity contribution in [3.8, 4) is 12.3 Å². The average molecular weight is 109 g/mol. The smallest absolute Gasteiger partial charge is 0.0116 e. The largest absolute Gasteiger partial charge is 0.328 e. The lowest BCUT2D eigenvalue weighted by Gasteiger charge is -2.30. The molecule has 0 saturated heterocycles. The molecule has 0 aromatic heterocycles. The Balaban J connectivity index is 2.09. The quantitative estimate of drug-likeness (QED) is 0.494. The first-order valence-corrected chi connectivity index (χ1v) is 3.02. The van der Waals surface area contributed by atoms with Crippen LogP contribution in [0.4, 0.5) is 0 Å². The molecule has 0 unspecified atom stereocenters. The maximum atomic E-state index is 5.53. The van der Waals surface area contributed by atoms with Crippen molar-refractivity contribution < 1.29 is 0 Å². The minimum absolute atomic E-state index is 0.452. The molecule has 0 aromatic rings. The highest BCUT2D eigenvalue weighted by Gasteiger charge is 2.24. The Morgan fingerprint density at radius 3 is 2.62 bits per heavy atom. The van der Waals surface area contributed by atoms with Crippen molar-refractivity contribution in [2.75, 3.05) is 0 Å². The standard InChI is InChI=1S/C7H11N/c1-2-3-6-4-7(8)5-6/h1,6-7H,3-5,8H2. The summed E-state index contributed by atoms with van der Waals surface area (Å²) in [4.78, 5) is 0. The summed E-state index contributed by atoms with van der Waals surface area (Å²) >= 11 is 0. The van der Waals surface area contributed by atoms with Crippen LogP contribution >= 0.6 is 0 Å². The molecule has 44 valence electrons. The second-order valence-corrected chi connectivity index (χ2v) is 2.51. The van der Waals surface area contributed by atoms with Gasteiger partial charge in [0, 0.05) is 12.5 Å². The summed E-state index contributed by atoms with van der Waals surface area (Å²) in [5, 5.41) is 0. The van der Waals surface area contributed by atoms with Gasteiger partial charge in [0.15, 0.2) is 0 Å². The first-order valence-electron chi connectivity index (χ1n) is 3.02. The monoisotopic (exact) mass is 109 g/mol. The van der Waals surface area contributed by atoms with E-state index in [1.54, 1.807) is 0 Å². The fraction of sp³-hybridized carbons (Fsp3) is 0.714. The van der Waals surface area contributed by atoms with Crippen LogP contribution in [0.1, 0.15) is 19.3 Å². The lowest BCUT2D eigenvalue weighted by atomic mass is 9.79. The number of terminal acetylenes is 1. The van der Waals surface area contributed by atoms with Crippen molar-refractivity contribution in [1.29, 1.82) is 0 Å². The zero-order valence-corrected chi connectivity index (χ0v) is 4.93. The number of rotatable bonds is 1. The van der Waals surface area contributed by atoms with Crippen LogP contribution in [0.2, 0.25) is 0 Å². The normalized spacial score (nSPS) is 35.5. The van der Waals surface area contributed by atoms with E-state index in [2.05, 4.69) is 5.92 Å². The molecule has 8 heavy (non-hydrogen) atoms. The first-order chi connectivity index (χ1) is 3.83. The van der Waals surface area contributed by atoms with E-state index in [0.717, 1.165) is 25.2 Å². The Kier molecular flexibility index (Phi) is 1.55. The number of hydrogen-bond donors (Lipinski definition) is 1. The summed E-state index contributed by atoms with van der Waals surface area (Å²) in [5.74, 6) is 3.38. The molecule has 0 aliphatic heterocycles. The molecular weight excluding hydrogens is 98.1 g/mol. The van der Waals surface area contributed by atoms with Gasteiger partial charge >= 0.3 is 0 Å². The lowest BCUT2D eigenvalue weighted by Crippen LogP contribution is -2.35. The second-order valence-electron chi connectivity index (χ2n) is 2.51. The molecule has 1 saturated carbocycles. The molecule has 1 aliphatic carbocycles. The van der Waals surface area contributed by atoms with Gasteiger partial charge in [-0.3, -0.25) is 0 Å².